The van der Waals surface area contributed by atoms with Crippen molar-refractivity contribution in [3.63, 3.8) is 0 Å². The van der Waals surface area contributed by atoms with E-state index < -0.39 is 0 Å². The van der Waals surface area contributed by atoms with Crippen LogP contribution in [0.1, 0.15) is 21.5 Å². The summed E-state index contributed by atoms with van der Waals surface area (Å²) >= 11 is 0. The van der Waals surface area contributed by atoms with Crippen LogP contribution in [0.5, 0.6) is 5.75 Å². The van der Waals surface area contributed by atoms with Gasteiger partial charge in [0.1, 0.15) is 11.6 Å². The van der Waals surface area contributed by atoms with Crippen molar-refractivity contribution in [2.45, 2.75) is 13.5 Å². The van der Waals surface area contributed by atoms with Crippen molar-refractivity contribution in [1.29, 1.82) is 0 Å². The molecule has 0 saturated carbocycles. The molecule has 1 amide bonds. The summed E-state index contributed by atoms with van der Waals surface area (Å²) in [6.45, 7) is 2.14. The van der Waals surface area contributed by atoms with E-state index in [4.69, 9.17) is 0 Å². The summed E-state index contributed by atoms with van der Waals surface area (Å²) in [7, 11) is 1.69. The topological polar surface area (TPSA) is 40.5 Å². The minimum Gasteiger partial charge on any atom is -0.508 e. The monoisotopic (exact) mass is 273 g/mol. The molecule has 20 heavy (non-hydrogen) atoms. The van der Waals surface area contributed by atoms with Gasteiger partial charge in [-0.2, -0.15) is 0 Å². The number of phenolic OH excluding ortho intramolecular Hbond substituents is 1. The van der Waals surface area contributed by atoms with E-state index in [9.17, 15) is 14.3 Å². The fraction of sp³-hybridized carbons (Fsp3) is 0.188. The van der Waals surface area contributed by atoms with Crippen molar-refractivity contribution in [3.8, 4) is 5.75 Å². The molecule has 0 aliphatic rings. The molecule has 0 unspecified atom stereocenters. The fourth-order valence-electron chi connectivity index (χ4n) is 2.02. The molecular weight excluding hydrogens is 257 g/mol. The molecule has 0 radical (unpaired) electrons. The van der Waals surface area contributed by atoms with E-state index in [2.05, 4.69) is 0 Å². The van der Waals surface area contributed by atoms with Gasteiger partial charge in [-0.25, -0.2) is 4.39 Å². The minimum absolute atomic E-state index is 0.157. The molecule has 0 bridgehead atoms. The molecule has 1 N–H and O–H groups in total. The van der Waals surface area contributed by atoms with E-state index in [1.807, 2.05) is 0 Å². The van der Waals surface area contributed by atoms with E-state index in [1.54, 1.807) is 43.1 Å². The van der Waals surface area contributed by atoms with Crippen LogP contribution in [0.25, 0.3) is 0 Å². The predicted octanol–water partition coefficient (Wildman–Crippen LogP) is 3.11. The molecular formula is C16H16FNO2. The van der Waals surface area contributed by atoms with E-state index in [0.29, 0.717) is 17.7 Å². The van der Waals surface area contributed by atoms with Gasteiger partial charge in [0, 0.05) is 19.2 Å². The van der Waals surface area contributed by atoms with Gasteiger partial charge in [-0.1, -0.05) is 12.1 Å². The van der Waals surface area contributed by atoms with Crippen LogP contribution in [0.4, 0.5) is 4.39 Å². The van der Waals surface area contributed by atoms with Crippen molar-refractivity contribution in [3.05, 3.63) is 65.0 Å². The normalized spacial score (nSPS) is 10.3. The first-order valence-corrected chi connectivity index (χ1v) is 6.27. The summed E-state index contributed by atoms with van der Waals surface area (Å²) in [4.78, 5) is 13.9. The number of carbonyl (C=O) groups is 1. The van der Waals surface area contributed by atoms with E-state index in [1.165, 1.54) is 18.2 Å². The number of phenols is 1. The molecule has 0 spiro atoms. The van der Waals surface area contributed by atoms with Gasteiger partial charge < -0.3 is 10.0 Å². The molecule has 0 atom stereocenters. The molecule has 4 heteroatoms. The second-order valence-electron chi connectivity index (χ2n) is 4.79. The number of halogens is 1. The average molecular weight is 273 g/mol. The zero-order valence-corrected chi connectivity index (χ0v) is 11.4. The second-order valence-corrected chi connectivity index (χ2v) is 4.79. The molecule has 2 rings (SSSR count). The number of hydrogen-bond donors (Lipinski definition) is 1. The molecule has 0 heterocycles. The van der Waals surface area contributed by atoms with Crippen LogP contribution in [0, 0.1) is 12.7 Å². The lowest BCUT2D eigenvalue weighted by molar-refractivity contribution is 0.0784. The van der Waals surface area contributed by atoms with Gasteiger partial charge in [0.05, 0.1) is 0 Å². The average Bonchev–Trinajstić information content (AvgIpc) is 2.40. The van der Waals surface area contributed by atoms with E-state index in [0.717, 1.165) is 5.56 Å². The SMILES string of the molecule is Cc1cc(F)ccc1C(=O)N(C)Cc1ccc(O)cc1. The van der Waals surface area contributed by atoms with E-state index >= 15 is 0 Å². The summed E-state index contributed by atoms with van der Waals surface area (Å²) in [5, 5.41) is 9.22. The minimum atomic E-state index is -0.347. The first-order chi connectivity index (χ1) is 9.47. The van der Waals surface area contributed by atoms with Crippen LogP contribution < -0.4 is 0 Å². The maximum Gasteiger partial charge on any atom is 0.254 e. The number of hydrogen-bond acceptors (Lipinski definition) is 2. The highest BCUT2D eigenvalue weighted by Gasteiger charge is 2.14. The molecule has 0 aromatic heterocycles. The van der Waals surface area contributed by atoms with Crippen molar-refractivity contribution < 1.29 is 14.3 Å². The summed E-state index contributed by atoms with van der Waals surface area (Å²) in [6.07, 6.45) is 0. The first kappa shape index (κ1) is 14.1. The highest BCUT2D eigenvalue weighted by atomic mass is 19.1. The summed E-state index contributed by atoms with van der Waals surface area (Å²) in [5.74, 6) is -0.312. The smallest absolute Gasteiger partial charge is 0.254 e. The molecule has 2 aromatic rings. The third-order valence-corrected chi connectivity index (χ3v) is 3.12. The Morgan fingerprint density at radius 3 is 2.45 bits per heavy atom. The fourth-order valence-corrected chi connectivity index (χ4v) is 2.02. The third kappa shape index (κ3) is 3.15. The predicted molar refractivity (Wildman–Crippen MR) is 75.0 cm³/mol. The molecule has 0 aliphatic carbocycles. The quantitative estimate of drug-likeness (QED) is 0.933. The lowest BCUT2D eigenvalue weighted by Gasteiger charge is -2.18. The molecule has 0 aliphatic heterocycles. The van der Waals surface area contributed by atoms with Crippen LogP contribution in [0.2, 0.25) is 0 Å². The number of rotatable bonds is 3. The Bertz CT molecular complexity index is 623. The zero-order chi connectivity index (χ0) is 14.7. The van der Waals surface area contributed by atoms with Crippen LogP contribution in [-0.2, 0) is 6.54 Å². The molecule has 104 valence electrons. The van der Waals surface area contributed by atoms with Crippen molar-refractivity contribution in [2.24, 2.45) is 0 Å². The van der Waals surface area contributed by atoms with Crippen LogP contribution in [0.3, 0.4) is 0 Å². The molecule has 2 aromatic carbocycles. The Balaban J connectivity index is 2.14. The molecule has 3 nitrogen and oxygen atoms in total. The second kappa shape index (κ2) is 5.74. The number of carbonyl (C=O) groups excluding carboxylic acids is 1. The number of benzene rings is 2. The van der Waals surface area contributed by atoms with Gasteiger partial charge in [0.2, 0.25) is 0 Å². The van der Waals surface area contributed by atoms with Gasteiger partial charge >= 0.3 is 0 Å². The van der Waals surface area contributed by atoms with Gasteiger partial charge in [0.25, 0.3) is 5.91 Å². The lowest BCUT2D eigenvalue weighted by atomic mass is 10.1. The highest BCUT2D eigenvalue weighted by Crippen LogP contribution is 2.15. The Morgan fingerprint density at radius 1 is 1.20 bits per heavy atom. The van der Waals surface area contributed by atoms with E-state index in [-0.39, 0.29) is 17.5 Å². The zero-order valence-electron chi connectivity index (χ0n) is 11.4. The largest absolute Gasteiger partial charge is 0.508 e. The third-order valence-electron chi connectivity index (χ3n) is 3.12. The first-order valence-electron chi connectivity index (χ1n) is 6.27. The maximum atomic E-state index is 13.0. The maximum absolute atomic E-state index is 13.0. The van der Waals surface area contributed by atoms with Crippen LogP contribution in [-0.4, -0.2) is 23.0 Å². The molecule has 0 fully saturated rings. The molecule has 0 saturated heterocycles. The Morgan fingerprint density at radius 2 is 1.85 bits per heavy atom. The summed E-state index contributed by atoms with van der Waals surface area (Å²) in [6, 6.07) is 10.8. The van der Waals surface area contributed by atoms with Gasteiger partial charge in [-0.15, -0.1) is 0 Å². The Kier molecular flexibility index (Phi) is 4.03. The van der Waals surface area contributed by atoms with Crippen molar-refractivity contribution >= 4 is 5.91 Å². The summed E-state index contributed by atoms with van der Waals surface area (Å²) < 4.78 is 13.0. The van der Waals surface area contributed by atoms with Gasteiger partial charge in [-0.3, -0.25) is 4.79 Å². The van der Waals surface area contributed by atoms with Crippen LogP contribution in [0.15, 0.2) is 42.5 Å². The van der Waals surface area contributed by atoms with Gasteiger partial charge in [0.15, 0.2) is 0 Å². The van der Waals surface area contributed by atoms with Crippen molar-refractivity contribution in [2.75, 3.05) is 7.05 Å². The highest BCUT2D eigenvalue weighted by molar-refractivity contribution is 5.95. The number of amides is 1. The number of aromatic hydroxyl groups is 1. The summed E-state index contributed by atoms with van der Waals surface area (Å²) in [5.41, 5.74) is 2.03. The van der Waals surface area contributed by atoms with Gasteiger partial charge in [-0.05, 0) is 48.4 Å². The number of aryl methyl sites for hydroxylation is 1. The standard InChI is InChI=1S/C16H16FNO2/c1-11-9-13(17)5-8-15(11)16(20)18(2)10-12-3-6-14(19)7-4-12/h3-9,19H,10H2,1-2H3. The lowest BCUT2D eigenvalue weighted by Crippen LogP contribution is -2.26. The number of nitrogens with zero attached hydrogens (tertiary/aromatic N) is 1. The van der Waals surface area contributed by atoms with Crippen LogP contribution >= 0.6 is 0 Å². The Hall–Kier alpha value is -2.36. The van der Waals surface area contributed by atoms with Crippen molar-refractivity contribution in [1.82, 2.24) is 4.90 Å². The Labute approximate surface area is 117 Å².